The molecular formula is C23H17NO. The molecule has 5 rings (SSSR count). The van der Waals surface area contributed by atoms with Crippen LogP contribution in [0.2, 0.25) is 0 Å². The van der Waals surface area contributed by atoms with Crippen molar-refractivity contribution in [2.75, 3.05) is 7.11 Å². The van der Waals surface area contributed by atoms with Crippen LogP contribution in [0.1, 0.15) is 0 Å². The average molecular weight is 323 g/mol. The number of hydrogen-bond acceptors (Lipinski definition) is 1. The van der Waals surface area contributed by atoms with Gasteiger partial charge < -0.3 is 9.30 Å². The van der Waals surface area contributed by atoms with Crippen LogP contribution in [-0.2, 0) is 0 Å². The summed E-state index contributed by atoms with van der Waals surface area (Å²) in [4.78, 5) is 0. The number of rotatable bonds is 2. The van der Waals surface area contributed by atoms with Gasteiger partial charge >= 0.3 is 0 Å². The van der Waals surface area contributed by atoms with Gasteiger partial charge in [-0.1, -0.05) is 48.5 Å². The maximum Gasteiger partial charge on any atom is 0.119 e. The lowest BCUT2D eigenvalue weighted by molar-refractivity contribution is 0.415. The van der Waals surface area contributed by atoms with Crippen LogP contribution in [0.25, 0.3) is 38.3 Å². The summed E-state index contributed by atoms with van der Waals surface area (Å²) in [5, 5.41) is 4.96. The van der Waals surface area contributed by atoms with E-state index >= 15 is 0 Å². The van der Waals surface area contributed by atoms with Gasteiger partial charge in [-0.05, 0) is 47.2 Å². The monoisotopic (exact) mass is 323 g/mol. The topological polar surface area (TPSA) is 14.2 Å². The lowest BCUT2D eigenvalue weighted by atomic mass is 10.1. The van der Waals surface area contributed by atoms with E-state index in [1.807, 2.05) is 6.07 Å². The van der Waals surface area contributed by atoms with Gasteiger partial charge in [0, 0.05) is 16.5 Å². The summed E-state index contributed by atoms with van der Waals surface area (Å²) in [7, 11) is 1.70. The van der Waals surface area contributed by atoms with Gasteiger partial charge in [0.15, 0.2) is 0 Å². The fourth-order valence-electron chi connectivity index (χ4n) is 3.68. The van der Waals surface area contributed by atoms with Crippen molar-refractivity contribution in [3.8, 4) is 11.4 Å². The number of para-hydroxylation sites is 2. The van der Waals surface area contributed by atoms with Crippen LogP contribution in [-0.4, -0.2) is 11.7 Å². The highest BCUT2D eigenvalue weighted by molar-refractivity contribution is 6.09. The van der Waals surface area contributed by atoms with Crippen molar-refractivity contribution in [3.05, 3.63) is 84.9 Å². The van der Waals surface area contributed by atoms with E-state index in [1.165, 1.54) is 38.3 Å². The average Bonchev–Trinajstić information content (AvgIpc) is 3.02. The molecule has 2 heteroatoms. The highest BCUT2D eigenvalue weighted by Crippen LogP contribution is 2.33. The summed E-state index contributed by atoms with van der Waals surface area (Å²) >= 11 is 0. The Labute approximate surface area is 145 Å². The first-order chi connectivity index (χ1) is 12.3. The van der Waals surface area contributed by atoms with Crippen LogP contribution in [0.5, 0.6) is 5.75 Å². The zero-order chi connectivity index (χ0) is 16.8. The molecule has 0 saturated carbocycles. The number of nitrogens with zero attached hydrogens (tertiary/aromatic N) is 1. The number of ether oxygens (including phenoxy) is 1. The van der Waals surface area contributed by atoms with Crippen LogP contribution in [0.15, 0.2) is 84.9 Å². The van der Waals surface area contributed by atoms with Crippen molar-refractivity contribution in [1.29, 1.82) is 0 Å². The fourth-order valence-corrected chi connectivity index (χ4v) is 3.68. The van der Waals surface area contributed by atoms with Gasteiger partial charge in [0.05, 0.1) is 18.1 Å². The molecule has 0 aliphatic rings. The Morgan fingerprint density at radius 3 is 1.92 bits per heavy atom. The van der Waals surface area contributed by atoms with Crippen LogP contribution in [0, 0.1) is 0 Å². The third kappa shape index (κ3) is 2.11. The predicted octanol–water partition coefficient (Wildman–Crippen LogP) is 5.95. The SMILES string of the molecule is COc1ccc2cc(-n3c4ccccc4c4ccccc43)ccc2c1. The molecule has 0 unspecified atom stereocenters. The van der Waals surface area contributed by atoms with Crippen molar-refractivity contribution in [1.82, 2.24) is 4.57 Å². The zero-order valence-electron chi connectivity index (χ0n) is 13.9. The zero-order valence-corrected chi connectivity index (χ0v) is 13.9. The van der Waals surface area contributed by atoms with E-state index in [1.54, 1.807) is 7.11 Å². The number of aromatic nitrogens is 1. The minimum atomic E-state index is 0.886. The minimum absolute atomic E-state index is 0.886. The molecule has 0 fully saturated rings. The van der Waals surface area contributed by atoms with Crippen LogP contribution >= 0.6 is 0 Å². The van der Waals surface area contributed by atoms with Crippen molar-refractivity contribution in [3.63, 3.8) is 0 Å². The first-order valence-corrected chi connectivity index (χ1v) is 8.41. The first-order valence-electron chi connectivity index (χ1n) is 8.41. The lowest BCUT2D eigenvalue weighted by Gasteiger charge is -2.10. The highest BCUT2D eigenvalue weighted by Gasteiger charge is 2.11. The van der Waals surface area contributed by atoms with Gasteiger partial charge in [0.25, 0.3) is 0 Å². The van der Waals surface area contributed by atoms with Crippen LogP contribution < -0.4 is 4.74 Å². The quantitative estimate of drug-likeness (QED) is 0.392. The van der Waals surface area contributed by atoms with E-state index in [0.717, 1.165) is 5.75 Å². The van der Waals surface area contributed by atoms with E-state index < -0.39 is 0 Å². The van der Waals surface area contributed by atoms with Crippen LogP contribution in [0.3, 0.4) is 0 Å². The normalized spacial score (nSPS) is 11.4. The lowest BCUT2D eigenvalue weighted by Crippen LogP contribution is -1.93. The first kappa shape index (κ1) is 14.1. The maximum absolute atomic E-state index is 5.33. The number of hydrogen-bond donors (Lipinski definition) is 0. The Morgan fingerprint density at radius 1 is 0.640 bits per heavy atom. The third-order valence-electron chi connectivity index (χ3n) is 4.87. The highest BCUT2D eigenvalue weighted by atomic mass is 16.5. The molecule has 1 heterocycles. The van der Waals surface area contributed by atoms with Crippen molar-refractivity contribution in [2.24, 2.45) is 0 Å². The van der Waals surface area contributed by atoms with Gasteiger partial charge in [-0.25, -0.2) is 0 Å². The molecule has 0 aliphatic heterocycles. The van der Waals surface area contributed by atoms with Gasteiger partial charge in [-0.15, -0.1) is 0 Å². The van der Waals surface area contributed by atoms with E-state index in [-0.39, 0.29) is 0 Å². The van der Waals surface area contributed by atoms with E-state index in [4.69, 9.17) is 4.74 Å². The smallest absolute Gasteiger partial charge is 0.119 e. The van der Waals surface area contributed by atoms with Crippen molar-refractivity contribution >= 4 is 32.6 Å². The molecule has 0 aliphatic carbocycles. The van der Waals surface area contributed by atoms with E-state index in [9.17, 15) is 0 Å². The summed E-state index contributed by atoms with van der Waals surface area (Å²) in [5.41, 5.74) is 3.64. The molecule has 120 valence electrons. The molecule has 0 spiro atoms. The molecule has 0 bridgehead atoms. The molecule has 0 N–H and O–H groups in total. The molecule has 25 heavy (non-hydrogen) atoms. The molecule has 4 aromatic carbocycles. The summed E-state index contributed by atoms with van der Waals surface area (Å²) in [6, 6.07) is 30.0. The Kier molecular flexibility index (Phi) is 3.04. The largest absolute Gasteiger partial charge is 0.497 e. The molecule has 1 aromatic heterocycles. The molecule has 2 nitrogen and oxygen atoms in total. The Bertz CT molecular complexity index is 1180. The Balaban J connectivity index is 1.84. The van der Waals surface area contributed by atoms with Gasteiger partial charge in [-0.3, -0.25) is 0 Å². The molecule has 0 amide bonds. The summed E-state index contributed by atoms with van der Waals surface area (Å²) < 4.78 is 7.68. The summed E-state index contributed by atoms with van der Waals surface area (Å²) in [6.45, 7) is 0. The standard InChI is InChI=1S/C23H17NO/c1-25-19-13-11-16-14-18(12-10-17(16)15-19)24-22-8-4-2-6-20(22)21-7-3-5-9-23(21)24/h2-15H,1H3. The van der Waals surface area contributed by atoms with Gasteiger partial charge in [0.2, 0.25) is 0 Å². The molecule has 0 atom stereocenters. The minimum Gasteiger partial charge on any atom is -0.497 e. The fraction of sp³-hybridized carbons (Fsp3) is 0.0435. The number of fused-ring (bicyclic) bond motifs is 4. The maximum atomic E-state index is 5.33. The molecule has 0 saturated heterocycles. The predicted molar refractivity (Wildman–Crippen MR) is 105 cm³/mol. The Morgan fingerprint density at radius 2 is 1.24 bits per heavy atom. The second-order valence-electron chi connectivity index (χ2n) is 6.27. The molecular weight excluding hydrogens is 306 g/mol. The van der Waals surface area contributed by atoms with E-state index in [2.05, 4.69) is 83.4 Å². The second kappa shape index (κ2) is 5.38. The number of methoxy groups -OCH3 is 1. The van der Waals surface area contributed by atoms with Gasteiger partial charge in [0.1, 0.15) is 5.75 Å². The number of benzene rings is 4. The second-order valence-corrected chi connectivity index (χ2v) is 6.27. The molecule has 0 radical (unpaired) electrons. The Hall–Kier alpha value is -3.26. The summed E-state index contributed by atoms with van der Waals surface area (Å²) in [5.74, 6) is 0.886. The summed E-state index contributed by atoms with van der Waals surface area (Å²) in [6.07, 6.45) is 0. The third-order valence-corrected chi connectivity index (χ3v) is 4.87. The van der Waals surface area contributed by atoms with Gasteiger partial charge in [-0.2, -0.15) is 0 Å². The molecule has 5 aromatic rings. The van der Waals surface area contributed by atoms with E-state index in [0.29, 0.717) is 0 Å². The van der Waals surface area contributed by atoms with Crippen molar-refractivity contribution in [2.45, 2.75) is 0 Å². The van der Waals surface area contributed by atoms with Crippen molar-refractivity contribution < 1.29 is 4.74 Å². The van der Waals surface area contributed by atoms with Crippen LogP contribution in [0.4, 0.5) is 0 Å².